The van der Waals surface area contributed by atoms with Crippen molar-refractivity contribution in [2.45, 2.75) is 0 Å². The number of hydrazone groups is 1. The van der Waals surface area contributed by atoms with E-state index in [0.29, 0.717) is 11.5 Å². The van der Waals surface area contributed by atoms with E-state index in [2.05, 4.69) is 5.10 Å². The molecule has 6 heteroatoms. The van der Waals surface area contributed by atoms with Crippen molar-refractivity contribution in [3.63, 3.8) is 0 Å². The summed E-state index contributed by atoms with van der Waals surface area (Å²) < 4.78 is 5.85. The zero-order valence-electron chi connectivity index (χ0n) is 15.4. The van der Waals surface area contributed by atoms with E-state index in [0.717, 1.165) is 16.9 Å². The maximum absolute atomic E-state index is 10.8. The van der Waals surface area contributed by atoms with Gasteiger partial charge in [0.2, 0.25) is 0 Å². The molecule has 0 N–H and O–H groups in total. The van der Waals surface area contributed by atoms with E-state index in [1.807, 2.05) is 77.8 Å². The predicted octanol–water partition coefficient (Wildman–Crippen LogP) is 6.03. The summed E-state index contributed by atoms with van der Waals surface area (Å²) in [7, 11) is 0. The second-order valence-electron chi connectivity index (χ2n) is 6.23. The number of hydrogen-bond donors (Lipinski definition) is 0. The number of furan rings is 1. The standard InChI is InChI=1S/C23H17N3O3/c27-26(28)21-13-11-18(12-14-21)23-16-15-22(29-23)17-24-25(19-7-3-1-4-8-19)20-9-5-2-6-10-20/h1-17H/b24-17+. The van der Waals surface area contributed by atoms with Gasteiger partial charge in [0.1, 0.15) is 11.5 Å². The Balaban J connectivity index is 1.59. The van der Waals surface area contributed by atoms with Crippen LogP contribution in [0.2, 0.25) is 0 Å². The van der Waals surface area contributed by atoms with Gasteiger partial charge in [-0.15, -0.1) is 0 Å². The summed E-state index contributed by atoms with van der Waals surface area (Å²) in [6.07, 6.45) is 1.65. The van der Waals surface area contributed by atoms with Crippen molar-refractivity contribution < 1.29 is 9.34 Å². The van der Waals surface area contributed by atoms with Crippen LogP contribution < -0.4 is 5.01 Å². The molecule has 0 saturated heterocycles. The van der Waals surface area contributed by atoms with Crippen molar-refractivity contribution in [2.24, 2.45) is 5.10 Å². The quantitative estimate of drug-likeness (QED) is 0.232. The number of benzene rings is 3. The summed E-state index contributed by atoms with van der Waals surface area (Å²) in [4.78, 5) is 10.4. The lowest BCUT2D eigenvalue weighted by Gasteiger charge is -2.18. The second kappa shape index (κ2) is 8.22. The van der Waals surface area contributed by atoms with Crippen LogP contribution in [0.25, 0.3) is 11.3 Å². The molecule has 29 heavy (non-hydrogen) atoms. The predicted molar refractivity (Wildman–Crippen MR) is 113 cm³/mol. The van der Waals surface area contributed by atoms with E-state index >= 15 is 0 Å². The van der Waals surface area contributed by atoms with Gasteiger partial charge in [-0.3, -0.25) is 10.1 Å². The maximum Gasteiger partial charge on any atom is 0.269 e. The summed E-state index contributed by atoms with van der Waals surface area (Å²) >= 11 is 0. The van der Waals surface area contributed by atoms with E-state index in [4.69, 9.17) is 4.42 Å². The van der Waals surface area contributed by atoms with E-state index in [1.165, 1.54) is 12.1 Å². The van der Waals surface area contributed by atoms with Crippen LogP contribution in [0.1, 0.15) is 5.76 Å². The molecule has 4 aromatic rings. The topological polar surface area (TPSA) is 71.9 Å². The first-order valence-corrected chi connectivity index (χ1v) is 8.99. The Morgan fingerprint density at radius 3 is 1.93 bits per heavy atom. The summed E-state index contributed by atoms with van der Waals surface area (Å²) in [5.41, 5.74) is 2.66. The number of para-hydroxylation sites is 2. The highest BCUT2D eigenvalue weighted by Gasteiger charge is 2.09. The maximum atomic E-state index is 10.8. The molecule has 142 valence electrons. The van der Waals surface area contributed by atoms with E-state index in [1.54, 1.807) is 18.3 Å². The summed E-state index contributed by atoms with van der Waals surface area (Å²) in [5.74, 6) is 1.20. The molecule has 0 amide bonds. The smallest absolute Gasteiger partial charge is 0.269 e. The fourth-order valence-corrected chi connectivity index (χ4v) is 2.86. The van der Waals surface area contributed by atoms with Crippen molar-refractivity contribution in [1.82, 2.24) is 0 Å². The van der Waals surface area contributed by atoms with Crippen molar-refractivity contribution in [2.75, 3.05) is 5.01 Å². The molecule has 0 saturated carbocycles. The van der Waals surface area contributed by atoms with Gasteiger partial charge in [-0.1, -0.05) is 36.4 Å². The monoisotopic (exact) mass is 383 g/mol. The lowest BCUT2D eigenvalue weighted by Crippen LogP contribution is -2.08. The molecular weight excluding hydrogens is 366 g/mol. The summed E-state index contributed by atoms with van der Waals surface area (Å²) in [6, 6.07) is 29.5. The normalized spacial score (nSPS) is 10.9. The molecule has 4 rings (SSSR count). The molecule has 0 atom stereocenters. The number of rotatable bonds is 6. The number of nitro benzene ring substituents is 1. The number of nitrogens with zero attached hydrogens (tertiary/aromatic N) is 3. The van der Waals surface area contributed by atoms with Gasteiger partial charge in [0.15, 0.2) is 0 Å². The van der Waals surface area contributed by atoms with Gasteiger partial charge >= 0.3 is 0 Å². The first kappa shape index (κ1) is 18.2. The molecule has 0 aliphatic rings. The molecule has 3 aromatic carbocycles. The Hall–Kier alpha value is -4.19. The second-order valence-corrected chi connectivity index (χ2v) is 6.23. The Morgan fingerprint density at radius 1 is 0.793 bits per heavy atom. The Labute approximate surface area is 167 Å². The van der Waals surface area contributed by atoms with Gasteiger partial charge in [-0.2, -0.15) is 5.10 Å². The van der Waals surface area contributed by atoms with Crippen LogP contribution >= 0.6 is 0 Å². The van der Waals surface area contributed by atoms with Gasteiger partial charge in [-0.05, 0) is 48.5 Å². The minimum absolute atomic E-state index is 0.0449. The molecule has 1 heterocycles. The highest BCUT2D eigenvalue weighted by molar-refractivity contribution is 5.80. The average Bonchev–Trinajstić information content (AvgIpc) is 3.24. The Kier molecular flexibility index (Phi) is 5.16. The number of non-ortho nitro benzene ring substituents is 1. The van der Waals surface area contributed by atoms with Crippen molar-refractivity contribution in [1.29, 1.82) is 0 Å². The summed E-state index contributed by atoms with van der Waals surface area (Å²) in [6.45, 7) is 0. The Bertz CT molecular complexity index is 1080. The fraction of sp³-hybridized carbons (Fsp3) is 0. The van der Waals surface area contributed by atoms with Crippen molar-refractivity contribution in [3.8, 4) is 11.3 Å². The largest absolute Gasteiger partial charge is 0.455 e. The van der Waals surface area contributed by atoms with Gasteiger partial charge < -0.3 is 4.42 Å². The highest BCUT2D eigenvalue weighted by atomic mass is 16.6. The van der Waals surface area contributed by atoms with Crippen molar-refractivity contribution in [3.05, 3.63) is 113 Å². The highest BCUT2D eigenvalue weighted by Crippen LogP contribution is 2.26. The van der Waals surface area contributed by atoms with Crippen LogP contribution in [-0.2, 0) is 0 Å². The minimum atomic E-state index is -0.425. The first-order chi connectivity index (χ1) is 14.2. The third kappa shape index (κ3) is 4.22. The van der Waals surface area contributed by atoms with Crippen molar-refractivity contribution >= 4 is 23.3 Å². The number of nitro groups is 1. The molecule has 0 spiro atoms. The first-order valence-electron chi connectivity index (χ1n) is 8.99. The van der Waals surface area contributed by atoms with E-state index in [-0.39, 0.29) is 5.69 Å². The zero-order chi connectivity index (χ0) is 20.1. The third-order valence-corrected chi connectivity index (χ3v) is 4.29. The molecule has 0 aliphatic heterocycles. The molecular formula is C23H17N3O3. The summed E-state index contributed by atoms with van der Waals surface area (Å²) in [5, 5.41) is 17.2. The molecule has 0 fully saturated rings. The number of hydrogen-bond acceptors (Lipinski definition) is 5. The molecule has 1 aromatic heterocycles. The van der Waals surface area contributed by atoms with E-state index in [9.17, 15) is 10.1 Å². The van der Waals surface area contributed by atoms with Gasteiger partial charge in [0.25, 0.3) is 5.69 Å². The third-order valence-electron chi connectivity index (χ3n) is 4.29. The van der Waals surface area contributed by atoms with Crippen LogP contribution in [-0.4, -0.2) is 11.1 Å². The van der Waals surface area contributed by atoms with Crippen LogP contribution in [0.5, 0.6) is 0 Å². The lowest BCUT2D eigenvalue weighted by molar-refractivity contribution is -0.384. The Morgan fingerprint density at radius 2 is 1.38 bits per heavy atom. The zero-order valence-corrected chi connectivity index (χ0v) is 15.4. The van der Waals surface area contributed by atoms with Crippen LogP contribution in [0.4, 0.5) is 17.1 Å². The van der Waals surface area contributed by atoms with E-state index < -0.39 is 4.92 Å². The van der Waals surface area contributed by atoms with Crippen LogP contribution in [0.15, 0.2) is 107 Å². The van der Waals surface area contributed by atoms with Crippen LogP contribution in [0.3, 0.4) is 0 Å². The van der Waals surface area contributed by atoms with Gasteiger partial charge in [-0.25, -0.2) is 5.01 Å². The minimum Gasteiger partial charge on any atom is -0.455 e. The molecule has 6 nitrogen and oxygen atoms in total. The van der Waals surface area contributed by atoms with Gasteiger partial charge in [0, 0.05) is 17.7 Å². The molecule has 0 bridgehead atoms. The average molecular weight is 383 g/mol. The van der Waals surface area contributed by atoms with Gasteiger partial charge in [0.05, 0.1) is 22.5 Å². The molecule has 0 radical (unpaired) electrons. The molecule has 0 aliphatic carbocycles. The van der Waals surface area contributed by atoms with Crippen LogP contribution in [0, 0.1) is 10.1 Å². The molecule has 0 unspecified atom stereocenters. The number of anilines is 2. The SMILES string of the molecule is O=[N+]([O-])c1ccc(-c2ccc(/C=N/N(c3ccccc3)c3ccccc3)o2)cc1. The lowest BCUT2D eigenvalue weighted by atomic mass is 10.1. The fourth-order valence-electron chi connectivity index (χ4n) is 2.86.